The van der Waals surface area contributed by atoms with Gasteiger partial charge in [0.25, 0.3) is 0 Å². The molecule has 1 unspecified atom stereocenters. The Bertz CT molecular complexity index is 698. The summed E-state index contributed by atoms with van der Waals surface area (Å²) in [5.41, 5.74) is -0.953. The molecule has 0 fully saturated rings. The van der Waals surface area contributed by atoms with Gasteiger partial charge in [-0.1, -0.05) is 18.5 Å². The summed E-state index contributed by atoms with van der Waals surface area (Å²) in [6, 6.07) is 3.28. The zero-order valence-electron chi connectivity index (χ0n) is 11.3. The number of nitro groups is 1. The van der Waals surface area contributed by atoms with Crippen molar-refractivity contribution in [3.8, 4) is 0 Å². The van der Waals surface area contributed by atoms with Crippen LogP contribution in [-0.4, -0.2) is 15.9 Å². The molecule has 6 nitrogen and oxygen atoms in total. The number of H-pyrrole nitrogens is 1. The standard InChI is InChI=1S/C13H14ClN3O3S/c1-2-8(7-11-9(14)4-6-21-11)16-10-3-5-15-13(18)12(10)17(19)20/h3-6,8H,2,7H2,1H3,(H2,15,16,18). The molecular formula is C13H14ClN3O3S. The SMILES string of the molecule is CCC(Cc1sccc1Cl)Nc1cc[nH]c(=O)c1[N+](=O)[O-]. The summed E-state index contributed by atoms with van der Waals surface area (Å²) in [4.78, 5) is 25.2. The number of nitrogens with zero attached hydrogens (tertiary/aromatic N) is 1. The molecule has 0 saturated carbocycles. The van der Waals surface area contributed by atoms with Crippen LogP contribution in [0.2, 0.25) is 5.02 Å². The van der Waals surface area contributed by atoms with Gasteiger partial charge in [-0.15, -0.1) is 11.3 Å². The summed E-state index contributed by atoms with van der Waals surface area (Å²) in [6.07, 6.45) is 2.79. The molecule has 0 aliphatic carbocycles. The largest absolute Gasteiger partial charge is 0.376 e. The van der Waals surface area contributed by atoms with Crippen LogP contribution in [0.25, 0.3) is 0 Å². The highest BCUT2D eigenvalue weighted by atomic mass is 35.5. The molecule has 0 saturated heterocycles. The van der Waals surface area contributed by atoms with Crippen molar-refractivity contribution in [2.75, 3.05) is 5.32 Å². The lowest BCUT2D eigenvalue weighted by molar-refractivity contribution is -0.385. The van der Waals surface area contributed by atoms with Crippen molar-refractivity contribution in [3.63, 3.8) is 0 Å². The normalized spacial score (nSPS) is 12.1. The van der Waals surface area contributed by atoms with Crippen molar-refractivity contribution < 1.29 is 4.92 Å². The van der Waals surface area contributed by atoms with Crippen LogP contribution < -0.4 is 10.9 Å². The Morgan fingerprint density at radius 3 is 2.86 bits per heavy atom. The van der Waals surface area contributed by atoms with Crippen LogP contribution in [0, 0.1) is 10.1 Å². The number of anilines is 1. The minimum Gasteiger partial charge on any atom is -0.376 e. The summed E-state index contributed by atoms with van der Waals surface area (Å²) in [5, 5.41) is 16.7. The van der Waals surface area contributed by atoms with E-state index in [-0.39, 0.29) is 11.7 Å². The summed E-state index contributed by atoms with van der Waals surface area (Å²) >= 11 is 7.61. The number of rotatable bonds is 6. The summed E-state index contributed by atoms with van der Waals surface area (Å²) < 4.78 is 0. The van der Waals surface area contributed by atoms with Crippen LogP contribution in [0.15, 0.2) is 28.5 Å². The minimum absolute atomic E-state index is 0.0401. The van der Waals surface area contributed by atoms with Crippen molar-refractivity contribution in [3.05, 3.63) is 54.1 Å². The highest BCUT2D eigenvalue weighted by Gasteiger charge is 2.21. The van der Waals surface area contributed by atoms with Crippen LogP contribution in [-0.2, 0) is 6.42 Å². The minimum atomic E-state index is -0.714. The van der Waals surface area contributed by atoms with E-state index in [9.17, 15) is 14.9 Å². The summed E-state index contributed by atoms with van der Waals surface area (Å²) in [6.45, 7) is 1.97. The summed E-state index contributed by atoms with van der Waals surface area (Å²) in [7, 11) is 0. The molecule has 2 aromatic heterocycles. The van der Waals surface area contributed by atoms with Gasteiger partial charge in [0.05, 0.1) is 9.95 Å². The van der Waals surface area contributed by atoms with Crippen LogP contribution in [0.1, 0.15) is 18.2 Å². The van der Waals surface area contributed by atoms with E-state index in [4.69, 9.17) is 11.6 Å². The van der Waals surface area contributed by atoms with E-state index in [1.165, 1.54) is 12.3 Å². The van der Waals surface area contributed by atoms with Gasteiger partial charge in [-0.25, -0.2) is 0 Å². The fourth-order valence-corrected chi connectivity index (χ4v) is 3.17. The Labute approximate surface area is 129 Å². The van der Waals surface area contributed by atoms with Gasteiger partial charge in [0.1, 0.15) is 5.69 Å². The second kappa shape index (κ2) is 6.73. The molecule has 2 aromatic rings. The molecule has 21 heavy (non-hydrogen) atoms. The third-order valence-electron chi connectivity index (χ3n) is 3.09. The predicted molar refractivity (Wildman–Crippen MR) is 84.5 cm³/mol. The average Bonchev–Trinajstić information content (AvgIpc) is 2.83. The smallest absolute Gasteiger partial charge is 0.356 e. The maximum Gasteiger partial charge on any atom is 0.356 e. The average molecular weight is 328 g/mol. The van der Waals surface area contributed by atoms with Gasteiger partial charge in [0.15, 0.2) is 0 Å². The Balaban J connectivity index is 2.23. The molecule has 0 radical (unpaired) electrons. The number of pyridine rings is 1. The van der Waals surface area contributed by atoms with Gasteiger partial charge in [-0.3, -0.25) is 14.9 Å². The number of thiophene rings is 1. The Morgan fingerprint density at radius 2 is 2.29 bits per heavy atom. The molecule has 0 bridgehead atoms. The first-order chi connectivity index (χ1) is 10.0. The van der Waals surface area contributed by atoms with E-state index in [1.807, 2.05) is 18.4 Å². The van der Waals surface area contributed by atoms with Gasteiger partial charge in [-0.05, 0) is 23.9 Å². The van der Waals surface area contributed by atoms with Crippen molar-refractivity contribution in [1.82, 2.24) is 4.98 Å². The van der Waals surface area contributed by atoms with Crippen LogP contribution in [0.3, 0.4) is 0 Å². The van der Waals surface area contributed by atoms with E-state index >= 15 is 0 Å². The Morgan fingerprint density at radius 1 is 1.52 bits per heavy atom. The molecule has 0 spiro atoms. The van der Waals surface area contributed by atoms with Gasteiger partial charge < -0.3 is 10.3 Å². The molecule has 0 aromatic carbocycles. The van der Waals surface area contributed by atoms with Crippen LogP contribution in [0.4, 0.5) is 11.4 Å². The first kappa shape index (κ1) is 15.5. The fraction of sp³-hybridized carbons (Fsp3) is 0.308. The van der Waals surface area contributed by atoms with Gasteiger partial charge in [0, 0.05) is 23.5 Å². The second-order valence-electron chi connectivity index (χ2n) is 4.47. The number of halogens is 1. The Hall–Kier alpha value is -1.86. The van der Waals surface area contributed by atoms with Crippen molar-refractivity contribution in [2.45, 2.75) is 25.8 Å². The number of hydrogen-bond acceptors (Lipinski definition) is 5. The van der Waals surface area contributed by atoms with E-state index < -0.39 is 16.2 Å². The molecule has 2 N–H and O–H groups in total. The molecular weight excluding hydrogens is 314 g/mol. The van der Waals surface area contributed by atoms with Gasteiger partial charge in [-0.2, -0.15) is 0 Å². The molecule has 1 atom stereocenters. The third-order valence-corrected chi connectivity index (χ3v) is 4.50. The molecule has 2 heterocycles. The van der Waals surface area contributed by atoms with E-state index in [1.54, 1.807) is 11.3 Å². The van der Waals surface area contributed by atoms with Gasteiger partial charge >= 0.3 is 11.2 Å². The maximum absolute atomic E-state index is 11.6. The van der Waals surface area contributed by atoms with E-state index in [0.717, 1.165) is 11.3 Å². The second-order valence-corrected chi connectivity index (χ2v) is 5.88. The number of hydrogen-bond donors (Lipinski definition) is 2. The molecule has 0 aliphatic heterocycles. The molecule has 0 aliphatic rings. The lowest BCUT2D eigenvalue weighted by atomic mass is 10.1. The lowest BCUT2D eigenvalue weighted by Crippen LogP contribution is -2.23. The fourth-order valence-electron chi connectivity index (χ4n) is 1.98. The van der Waals surface area contributed by atoms with Crippen molar-refractivity contribution in [1.29, 1.82) is 0 Å². The maximum atomic E-state index is 11.6. The quantitative estimate of drug-likeness (QED) is 0.628. The van der Waals surface area contributed by atoms with Crippen LogP contribution >= 0.6 is 22.9 Å². The number of nitrogens with one attached hydrogen (secondary N) is 2. The number of aromatic nitrogens is 1. The van der Waals surface area contributed by atoms with Crippen molar-refractivity contribution >= 4 is 34.3 Å². The van der Waals surface area contributed by atoms with E-state index in [2.05, 4.69) is 10.3 Å². The van der Waals surface area contributed by atoms with Crippen LogP contribution in [0.5, 0.6) is 0 Å². The van der Waals surface area contributed by atoms with E-state index in [0.29, 0.717) is 11.4 Å². The zero-order chi connectivity index (χ0) is 15.4. The molecule has 112 valence electrons. The predicted octanol–water partition coefficient (Wildman–Crippen LogP) is 3.43. The Kier molecular flexibility index (Phi) is 4.98. The van der Waals surface area contributed by atoms with Gasteiger partial charge in [0.2, 0.25) is 0 Å². The topological polar surface area (TPSA) is 88.0 Å². The molecule has 0 amide bonds. The zero-order valence-corrected chi connectivity index (χ0v) is 12.8. The van der Waals surface area contributed by atoms with Crippen molar-refractivity contribution in [2.24, 2.45) is 0 Å². The third kappa shape index (κ3) is 3.62. The number of aromatic amines is 1. The first-order valence-electron chi connectivity index (χ1n) is 6.37. The summed E-state index contributed by atoms with van der Waals surface area (Å²) in [5.74, 6) is 0. The first-order valence-corrected chi connectivity index (χ1v) is 7.63. The highest BCUT2D eigenvalue weighted by molar-refractivity contribution is 7.10. The molecule has 2 rings (SSSR count). The monoisotopic (exact) mass is 327 g/mol. The lowest BCUT2D eigenvalue weighted by Gasteiger charge is -2.17. The highest BCUT2D eigenvalue weighted by Crippen LogP contribution is 2.26. The molecule has 8 heteroatoms.